The van der Waals surface area contributed by atoms with Gasteiger partial charge in [0.05, 0.1) is 15.9 Å². The van der Waals surface area contributed by atoms with Crippen LogP contribution in [0.4, 0.5) is 0 Å². The molecule has 17 heavy (non-hydrogen) atoms. The van der Waals surface area contributed by atoms with E-state index in [2.05, 4.69) is 38.0 Å². The predicted molar refractivity (Wildman–Crippen MR) is 71.0 cm³/mol. The van der Waals surface area contributed by atoms with Crippen LogP contribution in [0, 0.1) is 6.92 Å². The molecule has 0 spiro atoms. The first kappa shape index (κ1) is 13.1. The SMILES string of the molecule is CCn1nc(C)c(Br)c1CNC1CCOCC1. The minimum atomic E-state index is 0.580. The van der Waals surface area contributed by atoms with Crippen LogP contribution in [0.5, 0.6) is 0 Å². The minimum Gasteiger partial charge on any atom is -0.381 e. The van der Waals surface area contributed by atoms with E-state index in [1.54, 1.807) is 0 Å². The summed E-state index contributed by atoms with van der Waals surface area (Å²) in [5, 5.41) is 8.09. The van der Waals surface area contributed by atoms with Crippen LogP contribution < -0.4 is 5.32 Å². The van der Waals surface area contributed by atoms with Gasteiger partial charge < -0.3 is 10.1 Å². The summed E-state index contributed by atoms with van der Waals surface area (Å²) in [4.78, 5) is 0. The lowest BCUT2D eigenvalue weighted by Gasteiger charge is -2.23. The van der Waals surface area contributed by atoms with Crippen molar-refractivity contribution >= 4 is 15.9 Å². The smallest absolute Gasteiger partial charge is 0.0739 e. The first-order valence-electron chi connectivity index (χ1n) is 6.25. The van der Waals surface area contributed by atoms with Crippen LogP contribution in [0.1, 0.15) is 31.2 Å². The monoisotopic (exact) mass is 301 g/mol. The van der Waals surface area contributed by atoms with Gasteiger partial charge in [-0.1, -0.05) is 0 Å². The van der Waals surface area contributed by atoms with Gasteiger partial charge in [0.15, 0.2) is 0 Å². The molecule has 4 nitrogen and oxygen atoms in total. The minimum absolute atomic E-state index is 0.580. The van der Waals surface area contributed by atoms with Gasteiger partial charge in [0.2, 0.25) is 0 Å². The second kappa shape index (κ2) is 5.98. The molecule has 2 heterocycles. The highest BCUT2D eigenvalue weighted by atomic mass is 79.9. The number of nitrogens with zero attached hydrogens (tertiary/aromatic N) is 2. The van der Waals surface area contributed by atoms with Gasteiger partial charge in [0.1, 0.15) is 0 Å². The van der Waals surface area contributed by atoms with Crippen molar-refractivity contribution in [3.05, 3.63) is 15.9 Å². The summed E-state index contributed by atoms with van der Waals surface area (Å²) in [6, 6.07) is 0.580. The largest absolute Gasteiger partial charge is 0.381 e. The molecule has 0 unspecified atom stereocenters. The molecule has 96 valence electrons. The summed E-state index contributed by atoms with van der Waals surface area (Å²) in [5.41, 5.74) is 2.31. The van der Waals surface area contributed by atoms with E-state index in [1.807, 2.05) is 6.92 Å². The summed E-state index contributed by atoms with van der Waals surface area (Å²) in [6.45, 7) is 7.71. The number of ether oxygens (including phenoxy) is 1. The van der Waals surface area contributed by atoms with E-state index in [0.29, 0.717) is 6.04 Å². The molecule has 0 radical (unpaired) electrons. The molecule has 1 aromatic rings. The first-order chi connectivity index (χ1) is 8.22. The summed E-state index contributed by atoms with van der Waals surface area (Å²) in [5.74, 6) is 0. The molecule has 0 amide bonds. The standard InChI is InChI=1S/C12H20BrN3O/c1-3-16-11(12(13)9(2)15-16)8-14-10-4-6-17-7-5-10/h10,14H,3-8H2,1-2H3. The van der Waals surface area contributed by atoms with Crippen LogP contribution in [0.25, 0.3) is 0 Å². The van der Waals surface area contributed by atoms with E-state index in [9.17, 15) is 0 Å². The van der Waals surface area contributed by atoms with Crippen molar-refractivity contribution in [3.63, 3.8) is 0 Å². The topological polar surface area (TPSA) is 39.1 Å². The molecular weight excluding hydrogens is 282 g/mol. The number of aryl methyl sites for hydroxylation is 2. The van der Waals surface area contributed by atoms with Crippen LogP contribution in [-0.2, 0) is 17.8 Å². The van der Waals surface area contributed by atoms with Gasteiger partial charge >= 0.3 is 0 Å². The third-order valence-electron chi connectivity index (χ3n) is 3.23. The quantitative estimate of drug-likeness (QED) is 0.927. The lowest BCUT2D eigenvalue weighted by Crippen LogP contribution is -2.34. The second-order valence-electron chi connectivity index (χ2n) is 4.43. The number of rotatable bonds is 4. The lowest BCUT2D eigenvalue weighted by atomic mass is 10.1. The highest BCUT2D eigenvalue weighted by Crippen LogP contribution is 2.21. The summed E-state index contributed by atoms with van der Waals surface area (Å²) in [6.07, 6.45) is 2.22. The van der Waals surface area contributed by atoms with Gasteiger partial charge in [-0.2, -0.15) is 5.10 Å². The molecule has 0 saturated carbocycles. The Balaban J connectivity index is 1.97. The molecule has 0 aliphatic carbocycles. The highest BCUT2D eigenvalue weighted by molar-refractivity contribution is 9.10. The van der Waals surface area contributed by atoms with Gasteiger partial charge in [-0.25, -0.2) is 0 Å². The summed E-state index contributed by atoms with van der Waals surface area (Å²) < 4.78 is 8.56. The maximum absolute atomic E-state index is 5.36. The van der Waals surface area contributed by atoms with E-state index in [0.717, 1.165) is 49.3 Å². The average molecular weight is 302 g/mol. The Labute approximate surface area is 111 Å². The van der Waals surface area contributed by atoms with Crippen molar-refractivity contribution in [3.8, 4) is 0 Å². The lowest BCUT2D eigenvalue weighted by molar-refractivity contribution is 0.0774. The Hall–Kier alpha value is -0.390. The number of halogens is 1. The van der Waals surface area contributed by atoms with Crippen molar-refractivity contribution in [1.82, 2.24) is 15.1 Å². The fourth-order valence-corrected chi connectivity index (χ4v) is 2.60. The van der Waals surface area contributed by atoms with Crippen LogP contribution >= 0.6 is 15.9 Å². The molecule has 1 aliphatic heterocycles. The van der Waals surface area contributed by atoms with E-state index in [4.69, 9.17) is 4.74 Å². The fraction of sp³-hybridized carbons (Fsp3) is 0.750. The van der Waals surface area contributed by atoms with E-state index < -0.39 is 0 Å². The Bertz CT molecular complexity index is 372. The van der Waals surface area contributed by atoms with Crippen LogP contribution in [0.3, 0.4) is 0 Å². The Morgan fingerprint density at radius 1 is 1.47 bits per heavy atom. The number of aromatic nitrogens is 2. The van der Waals surface area contributed by atoms with Crippen molar-refractivity contribution in [2.45, 2.75) is 45.8 Å². The van der Waals surface area contributed by atoms with E-state index in [-0.39, 0.29) is 0 Å². The zero-order valence-electron chi connectivity index (χ0n) is 10.5. The molecule has 1 fully saturated rings. The van der Waals surface area contributed by atoms with Gasteiger partial charge in [-0.15, -0.1) is 0 Å². The van der Waals surface area contributed by atoms with Gasteiger partial charge in [0.25, 0.3) is 0 Å². The molecular formula is C12H20BrN3O. The summed E-state index contributed by atoms with van der Waals surface area (Å²) >= 11 is 3.62. The molecule has 1 saturated heterocycles. The third-order valence-corrected chi connectivity index (χ3v) is 4.26. The fourth-order valence-electron chi connectivity index (χ4n) is 2.18. The number of hydrogen-bond acceptors (Lipinski definition) is 3. The first-order valence-corrected chi connectivity index (χ1v) is 7.04. The third kappa shape index (κ3) is 3.09. The Kier molecular flexibility index (Phi) is 4.59. The average Bonchev–Trinajstić information content (AvgIpc) is 2.64. The predicted octanol–water partition coefficient (Wildman–Crippen LogP) is 2.24. The second-order valence-corrected chi connectivity index (χ2v) is 5.22. The van der Waals surface area contributed by atoms with Crippen LogP contribution in [-0.4, -0.2) is 29.0 Å². The van der Waals surface area contributed by atoms with Gasteiger partial charge in [-0.05, 0) is 42.6 Å². The molecule has 0 bridgehead atoms. The zero-order valence-corrected chi connectivity index (χ0v) is 12.1. The highest BCUT2D eigenvalue weighted by Gasteiger charge is 2.16. The molecule has 0 atom stereocenters. The van der Waals surface area contributed by atoms with Crippen molar-refractivity contribution in [2.24, 2.45) is 0 Å². The molecule has 1 N–H and O–H groups in total. The normalized spacial score (nSPS) is 17.6. The van der Waals surface area contributed by atoms with Gasteiger partial charge in [0, 0.05) is 32.3 Å². The Morgan fingerprint density at radius 3 is 2.82 bits per heavy atom. The van der Waals surface area contributed by atoms with Crippen molar-refractivity contribution in [2.75, 3.05) is 13.2 Å². The Morgan fingerprint density at radius 2 is 2.18 bits per heavy atom. The molecule has 2 rings (SSSR count). The molecule has 1 aliphatic rings. The molecule has 1 aromatic heterocycles. The van der Waals surface area contributed by atoms with Crippen molar-refractivity contribution < 1.29 is 4.74 Å². The van der Waals surface area contributed by atoms with Crippen molar-refractivity contribution in [1.29, 1.82) is 0 Å². The maximum atomic E-state index is 5.36. The van der Waals surface area contributed by atoms with E-state index in [1.165, 1.54) is 5.69 Å². The molecule has 0 aromatic carbocycles. The van der Waals surface area contributed by atoms with E-state index >= 15 is 0 Å². The number of hydrogen-bond donors (Lipinski definition) is 1. The number of nitrogens with one attached hydrogen (secondary N) is 1. The zero-order chi connectivity index (χ0) is 12.3. The van der Waals surface area contributed by atoms with Gasteiger partial charge in [-0.3, -0.25) is 4.68 Å². The summed E-state index contributed by atoms with van der Waals surface area (Å²) in [7, 11) is 0. The van der Waals surface area contributed by atoms with Crippen LogP contribution in [0.2, 0.25) is 0 Å². The van der Waals surface area contributed by atoms with Crippen LogP contribution in [0.15, 0.2) is 4.47 Å². The maximum Gasteiger partial charge on any atom is 0.0739 e. The molecule has 5 heteroatoms.